The molecule has 1 aromatic carbocycles. The van der Waals surface area contributed by atoms with E-state index < -0.39 is 0 Å². The fourth-order valence-electron chi connectivity index (χ4n) is 2.23. The number of hydrogen-bond acceptors (Lipinski definition) is 2. The molecule has 0 radical (unpaired) electrons. The average molecular weight is 415 g/mol. The van der Waals surface area contributed by atoms with Gasteiger partial charge in [0.05, 0.1) is 6.61 Å². The quantitative estimate of drug-likeness (QED) is 0.426. The SMILES string of the molecule is CN=C(NCc1ccc(C)cc1OCC1CC1)NC1CC1.I. The third-order valence-electron chi connectivity index (χ3n) is 3.98. The summed E-state index contributed by atoms with van der Waals surface area (Å²) in [7, 11) is 1.82. The molecule has 5 heteroatoms. The predicted molar refractivity (Wildman–Crippen MR) is 101 cm³/mol. The van der Waals surface area contributed by atoms with Crippen LogP contribution < -0.4 is 15.4 Å². The van der Waals surface area contributed by atoms with Crippen LogP contribution in [0.5, 0.6) is 5.75 Å². The van der Waals surface area contributed by atoms with E-state index in [-0.39, 0.29) is 24.0 Å². The predicted octanol–water partition coefficient (Wildman–Crippen LogP) is 3.23. The fraction of sp³-hybridized carbons (Fsp3) is 0.588. The van der Waals surface area contributed by atoms with Gasteiger partial charge in [0, 0.05) is 25.2 Å². The summed E-state index contributed by atoms with van der Waals surface area (Å²) in [5, 5.41) is 6.78. The van der Waals surface area contributed by atoms with Crippen molar-refractivity contribution in [2.24, 2.45) is 10.9 Å². The highest BCUT2D eigenvalue weighted by atomic mass is 127. The number of aryl methyl sites for hydroxylation is 1. The number of hydrogen-bond donors (Lipinski definition) is 2. The van der Waals surface area contributed by atoms with Crippen LogP contribution in [0.15, 0.2) is 23.2 Å². The van der Waals surface area contributed by atoms with Crippen molar-refractivity contribution >= 4 is 29.9 Å². The number of rotatable bonds is 6. The maximum Gasteiger partial charge on any atom is 0.191 e. The first-order valence-electron chi connectivity index (χ1n) is 7.94. The van der Waals surface area contributed by atoms with Crippen molar-refractivity contribution in [3.8, 4) is 5.75 Å². The number of benzene rings is 1. The first kappa shape index (κ1) is 17.4. The molecule has 4 nitrogen and oxygen atoms in total. The molecule has 2 aliphatic rings. The molecule has 3 rings (SSSR count). The zero-order valence-electron chi connectivity index (χ0n) is 13.4. The third kappa shape index (κ3) is 5.34. The lowest BCUT2D eigenvalue weighted by molar-refractivity contribution is 0.296. The Labute approximate surface area is 150 Å². The van der Waals surface area contributed by atoms with Gasteiger partial charge in [-0.3, -0.25) is 4.99 Å². The van der Waals surface area contributed by atoms with E-state index >= 15 is 0 Å². The highest BCUT2D eigenvalue weighted by Crippen LogP contribution is 2.30. The lowest BCUT2D eigenvalue weighted by Crippen LogP contribution is -2.38. The molecule has 2 N–H and O–H groups in total. The number of guanidine groups is 1. The number of ether oxygens (including phenoxy) is 1. The summed E-state index contributed by atoms with van der Waals surface area (Å²) >= 11 is 0. The van der Waals surface area contributed by atoms with Crippen molar-refractivity contribution in [3.05, 3.63) is 29.3 Å². The Kier molecular flexibility index (Phi) is 6.35. The van der Waals surface area contributed by atoms with E-state index in [1.54, 1.807) is 0 Å². The van der Waals surface area contributed by atoms with Gasteiger partial charge in [0.15, 0.2) is 5.96 Å². The Hall–Kier alpha value is -0.980. The van der Waals surface area contributed by atoms with Gasteiger partial charge in [0.1, 0.15) is 5.75 Å². The second-order valence-electron chi connectivity index (χ2n) is 6.21. The van der Waals surface area contributed by atoms with E-state index in [0.717, 1.165) is 30.8 Å². The minimum absolute atomic E-state index is 0. The minimum atomic E-state index is 0. The lowest BCUT2D eigenvalue weighted by Gasteiger charge is -2.15. The van der Waals surface area contributed by atoms with Crippen LogP contribution in [0.1, 0.15) is 36.8 Å². The molecule has 1 aromatic rings. The molecule has 0 bridgehead atoms. The Morgan fingerprint density at radius 1 is 1.27 bits per heavy atom. The monoisotopic (exact) mass is 415 g/mol. The Balaban J connectivity index is 0.00000176. The zero-order chi connectivity index (χ0) is 14.7. The summed E-state index contributed by atoms with van der Waals surface area (Å²) in [5.41, 5.74) is 2.44. The van der Waals surface area contributed by atoms with Crippen molar-refractivity contribution in [2.45, 2.75) is 45.2 Å². The normalized spacial score (nSPS) is 17.6. The number of nitrogens with zero attached hydrogens (tertiary/aromatic N) is 1. The van der Waals surface area contributed by atoms with Crippen molar-refractivity contribution < 1.29 is 4.74 Å². The molecule has 0 amide bonds. The van der Waals surface area contributed by atoms with Crippen LogP contribution in [0.3, 0.4) is 0 Å². The smallest absolute Gasteiger partial charge is 0.191 e. The summed E-state index contributed by atoms with van der Waals surface area (Å²) in [6, 6.07) is 7.03. The van der Waals surface area contributed by atoms with Crippen LogP contribution >= 0.6 is 24.0 Å². The van der Waals surface area contributed by atoms with E-state index in [9.17, 15) is 0 Å². The second kappa shape index (κ2) is 8.04. The molecule has 0 aromatic heterocycles. The van der Waals surface area contributed by atoms with Gasteiger partial charge < -0.3 is 15.4 Å². The highest BCUT2D eigenvalue weighted by molar-refractivity contribution is 14.0. The van der Waals surface area contributed by atoms with Crippen molar-refractivity contribution in [2.75, 3.05) is 13.7 Å². The lowest BCUT2D eigenvalue weighted by atomic mass is 10.1. The summed E-state index contributed by atoms with van der Waals surface area (Å²) in [6.45, 7) is 3.70. The Morgan fingerprint density at radius 3 is 2.68 bits per heavy atom. The van der Waals surface area contributed by atoms with E-state index in [1.807, 2.05) is 7.05 Å². The molecule has 2 aliphatic carbocycles. The number of nitrogens with one attached hydrogen (secondary N) is 2. The maximum atomic E-state index is 6.00. The van der Waals surface area contributed by atoms with Gasteiger partial charge in [0.25, 0.3) is 0 Å². The minimum Gasteiger partial charge on any atom is -0.493 e. The third-order valence-corrected chi connectivity index (χ3v) is 3.98. The summed E-state index contributed by atoms with van der Waals surface area (Å²) in [4.78, 5) is 4.27. The maximum absolute atomic E-state index is 6.00. The van der Waals surface area contributed by atoms with Gasteiger partial charge >= 0.3 is 0 Å². The van der Waals surface area contributed by atoms with Gasteiger partial charge in [-0.2, -0.15) is 0 Å². The van der Waals surface area contributed by atoms with Crippen LogP contribution in [-0.2, 0) is 6.54 Å². The largest absolute Gasteiger partial charge is 0.493 e. The molecular formula is C17H26IN3O. The molecular weight excluding hydrogens is 389 g/mol. The number of aliphatic imine (C=N–C) groups is 1. The molecule has 2 fully saturated rings. The molecule has 2 saturated carbocycles. The molecule has 0 spiro atoms. The molecule has 22 heavy (non-hydrogen) atoms. The molecule has 0 saturated heterocycles. The Morgan fingerprint density at radius 2 is 2.05 bits per heavy atom. The van der Waals surface area contributed by atoms with E-state index in [1.165, 1.54) is 36.8 Å². The van der Waals surface area contributed by atoms with Crippen LogP contribution in [-0.4, -0.2) is 25.7 Å². The van der Waals surface area contributed by atoms with Gasteiger partial charge in [-0.25, -0.2) is 0 Å². The van der Waals surface area contributed by atoms with Gasteiger partial charge in [-0.1, -0.05) is 12.1 Å². The van der Waals surface area contributed by atoms with Gasteiger partial charge in [-0.15, -0.1) is 24.0 Å². The molecule has 0 aliphatic heterocycles. The van der Waals surface area contributed by atoms with Gasteiger partial charge in [0.2, 0.25) is 0 Å². The van der Waals surface area contributed by atoms with Gasteiger partial charge in [-0.05, 0) is 50.2 Å². The van der Waals surface area contributed by atoms with Crippen LogP contribution in [0, 0.1) is 12.8 Å². The topological polar surface area (TPSA) is 45.7 Å². The first-order valence-corrected chi connectivity index (χ1v) is 7.94. The average Bonchev–Trinajstić information content (AvgIpc) is 3.37. The first-order chi connectivity index (χ1) is 10.2. The zero-order valence-corrected chi connectivity index (χ0v) is 15.7. The molecule has 0 atom stereocenters. The summed E-state index contributed by atoms with van der Waals surface area (Å²) in [5.74, 6) is 2.66. The van der Waals surface area contributed by atoms with Crippen LogP contribution in [0.4, 0.5) is 0 Å². The van der Waals surface area contributed by atoms with E-state index in [4.69, 9.17) is 4.74 Å². The van der Waals surface area contributed by atoms with Crippen LogP contribution in [0.2, 0.25) is 0 Å². The summed E-state index contributed by atoms with van der Waals surface area (Å²) < 4.78 is 6.00. The fourth-order valence-corrected chi connectivity index (χ4v) is 2.23. The van der Waals surface area contributed by atoms with E-state index in [0.29, 0.717) is 6.04 Å². The summed E-state index contributed by atoms with van der Waals surface area (Å²) in [6.07, 6.45) is 5.14. The molecule has 122 valence electrons. The van der Waals surface area contributed by atoms with E-state index in [2.05, 4.69) is 40.7 Å². The standard InChI is InChI=1S/C17H25N3O.HI/c1-12-3-6-14(16(9-12)21-11-13-4-5-13)10-19-17(18-2)20-15-7-8-15;/h3,6,9,13,15H,4-5,7-8,10-11H2,1-2H3,(H2,18,19,20);1H. The second-order valence-corrected chi connectivity index (χ2v) is 6.21. The van der Waals surface area contributed by atoms with Crippen molar-refractivity contribution in [1.82, 2.24) is 10.6 Å². The Bertz CT molecular complexity index is 525. The molecule has 0 heterocycles. The van der Waals surface area contributed by atoms with Crippen LogP contribution in [0.25, 0.3) is 0 Å². The molecule has 0 unspecified atom stereocenters. The number of halogens is 1. The van der Waals surface area contributed by atoms with Crippen molar-refractivity contribution in [1.29, 1.82) is 0 Å². The van der Waals surface area contributed by atoms with Crippen molar-refractivity contribution in [3.63, 3.8) is 0 Å². The highest BCUT2D eigenvalue weighted by Gasteiger charge is 2.23.